The van der Waals surface area contributed by atoms with Crippen molar-refractivity contribution >= 4 is 28.4 Å². The Kier molecular flexibility index (Phi) is 4.29. The fourth-order valence-corrected chi connectivity index (χ4v) is 3.82. The largest absolute Gasteiger partial charge is 0.440 e. The zero-order valence-corrected chi connectivity index (χ0v) is 15.5. The molecule has 132 valence electrons. The van der Waals surface area contributed by atoms with Crippen LogP contribution in [-0.2, 0) is 0 Å². The molecule has 6 heteroatoms. The smallest absolute Gasteiger partial charge is 0.198 e. The molecular formula is C20H19ClN4O. The zero-order chi connectivity index (χ0) is 18.3. The fraction of sp³-hybridized carbons (Fsp3) is 0.350. The number of fused-ring (bicyclic) bond motifs is 1. The second kappa shape index (κ2) is 6.62. The van der Waals surface area contributed by atoms with Crippen LogP contribution >= 0.6 is 11.6 Å². The van der Waals surface area contributed by atoms with Crippen molar-refractivity contribution in [3.05, 3.63) is 52.1 Å². The Labute approximate surface area is 157 Å². The quantitative estimate of drug-likeness (QED) is 0.654. The van der Waals surface area contributed by atoms with Gasteiger partial charge in [0.1, 0.15) is 11.6 Å². The Bertz CT molecular complexity index is 1010. The van der Waals surface area contributed by atoms with Crippen LogP contribution in [0.4, 0.5) is 5.69 Å². The lowest BCUT2D eigenvalue weighted by atomic mass is 9.95. The second-order valence-corrected chi connectivity index (χ2v) is 7.22. The molecule has 1 saturated heterocycles. The molecule has 4 rings (SSSR count). The standard InChI is InChI=1S/C20H19ClN4O/c1-12-9-18(16(11-22)13(2)23-12)25-7-5-14(6-8-25)20-24-17-10-15(21)3-4-19(17)26-20/h3-4,9-10,14H,5-8H2,1-2H3. The lowest BCUT2D eigenvalue weighted by molar-refractivity contribution is 0.407. The molecule has 3 heterocycles. The van der Waals surface area contributed by atoms with Gasteiger partial charge in [0.15, 0.2) is 11.5 Å². The number of nitrogens with zero attached hydrogens (tertiary/aromatic N) is 4. The minimum atomic E-state index is 0.284. The van der Waals surface area contributed by atoms with Crippen molar-refractivity contribution in [2.75, 3.05) is 18.0 Å². The molecule has 5 nitrogen and oxygen atoms in total. The number of rotatable bonds is 2. The molecule has 0 spiro atoms. The Hall–Kier alpha value is -2.58. The van der Waals surface area contributed by atoms with Crippen LogP contribution < -0.4 is 4.90 Å². The van der Waals surface area contributed by atoms with Crippen molar-refractivity contribution in [1.29, 1.82) is 5.26 Å². The van der Waals surface area contributed by atoms with E-state index in [-0.39, 0.29) is 5.92 Å². The summed E-state index contributed by atoms with van der Waals surface area (Å²) in [5.41, 5.74) is 4.97. The van der Waals surface area contributed by atoms with Gasteiger partial charge in [0.25, 0.3) is 0 Å². The van der Waals surface area contributed by atoms with Gasteiger partial charge in [0.05, 0.1) is 16.9 Å². The van der Waals surface area contributed by atoms with E-state index in [1.54, 1.807) is 0 Å². The predicted octanol–water partition coefficient (Wildman–Crippen LogP) is 4.75. The molecule has 1 aliphatic heterocycles. The third kappa shape index (κ3) is 3.02. The summed E-state index contributed by atoms with van der Waals surface area (Å²) < 4.78 is 5.94. The molecule has 0 unspecified atom stereocenters. The predicted molar refractivity (Wildman–Crippen MR) is 102 cm³/mol. The second-order valence-electron chi connectivity index (χ2n) is 6.78. The van der Waals surface area contributed by atoms with Crippen molar-refractivity contribution in [2.24, 2.45) is 0 Å². The zero-order valence-electron chi connectivity index (χ0n) is 14.8. The first-order valence-corrected chi connectivity index (χ1v) is 9.12. The van der Waals surface area contributed by atoms with Crippen LogP contribution in [0, 0.1) is 25.2 Å². The van der Waals surface area contributed by atoms with E-state index in [1.165, 1.54) is 0 Å². The number of nitriles is 1. The van der Waals surface area contributed by atoms with E-state index in [4.69, 9.17) is 16.0 Å². The van der Waals surface area contributed by atoms with Crippen LogP contribution in [0.1, 0.15) is 41.6 Å². The molecule has 1 aliphatic rings. The molecule has 0 atom stereocenters. The summed E-state index contributed by atoms with van der Waals surface area (Å²) in [6, 6.07) is 9.83. The minimum absolute atomic E-state index is 0.284. The van der Waals surface area contributed by atoms with Crippen LogP contribution in [0.15, 0.2) is 28.7 Å². The molecule has 0 N–H and O–H groups in total. The lowest BCUT2D eigenvalue weighted by Crippen LogP contribution is -2.33. The fourth-order valence-electron chi connectivity index (χ4n) is 3.66. The summed E-state index contributed by atoms with van der Waals surface area (Å²) in [5.74, 6) is 1.07. The third-order valence-corrected chi connectivity index (χ3v) is 5.21. The highest BCUT2D eigenvalue weighted by Gasteiger charge is 2.26. The highest BCUT2D eigenvalue weighted by Crippen LogP contribution is 2.34. The van der Waals surface area contributed by atoms with Gasteiger partial charge in [-0.15, -0.1) is 0 Å². The monoisotopic (exact) mass is 366 g/mol. The van der Waals surface area contributed by atoms with Gasteiger partial charge in [-0.05, 0) is 51.0 Å². The van der Waals surface area contributed by atoms with Crippen LogP contribution in [-0.4, -0.2) is 23.1 Å². The molecular weight excluding hydrogens is 348 g/mol. The van der Waals surface area contributed by atoms with E-state index in [9.17, 15) is 5.26 Å². The number of aromatic nitrogens is 2. The van der Waals surface area contributed by atoms with E-state index < -0.39 is 0 Å². The van der Waals surface area contributed by atoms with E-state index in [2.05, 4.69) is 20.9 Å². The van der Waals surface area contributed by atoms with Crippen LogP contribution in [0.5, 0.6) is 0 Å². The Balaban J connectivity index is 1.55. The summed E-state index contributed by atoms with van der Waals surface area (Å²) >= 11 is 6.03. The number of pyridine rings is 1. The number of aryl methyl sites for hydroxylation is 2. The van der Waals surface area contributed by atoms with Crippen molar-refractivity contribution in [3.8, 4) is 6.07 Å². The maximum Gasteiger partial charge on any atom is 0.198 e. The summed E-state index contributed by atoms with van der Waals surface area (Å²) in [4.78, 5) is 11.3. The van der Waals surface area contributed by atoms with Gasteiger partial charge in [0, 0.05) is 29.7 Å². The molecule has 2 aromatic heterocycles. The van der Waals surface area contributed by atoms with E-state index >= 15 is 0 Å². The molecule has 26 heavy (non-hydrogen) atoms. The normalized spacial score (nSPS) is 15.4. The third-order valence-electron chi connectivity index (χ3n) is 4.97. The molecule has 1 aromatic carbocycles. The van der Waals surface area contributed by atoms with Gasteiger partial charge in [0.2, 0.25) is 0 Å². The summed E-state index contributed by atoms with van der Waals surface area (Å²) in [5, 5.41) is 10.2. The highest BCUT2D eigenvalue weighted by atomic mass is 35.5. The van der Waals surface area contributed by atoms with E-state index in [1.807, 2.05) is 38.1 Å². The van der Waals surface area contributed by atoms with Gasteiger partial charge in [-0.2, -0.15) is 5.26 Å². The van der Waals surface area contributed by atoms with Crippen LogP contribution in [0.3, 0.4) is 0 Å². The maximum atomic E-state index is 9.50. The Morgan fingerprint density at radius 3 is 2.69 bits per heavy atom. The van der Waals surface area contributed by atoms with Gasteiger partial charge in [-0.1, -0.05) is 11.6 Å². The number of halogens is 1. The molecule has 0 amide bonds. The van der Waals surface area contributed by atoms with Gasteiger partial charge in [-0.25, -0.2) is 4.98 Å². The van der Waals surface area contributed by atoms with Gasteiger partial charge in [-0.3, -0.25) is 4.98 Å². The van der Waals surface area contributed by atoms with Crippen LogP contribution in [0.25, 0.3) is 11.1 Å². The maximum absolute atomic E-state index is 9.50. The summed E-state index contributed by atoms with van der Waals surface area (Å²) in [6.45, 7) is 5.59. The van der Waals surface area contributed by atoms with Crippen molar-refractivity contribution in [2.45, 2.75) is 32.6 Å². The first-order valence-electron chi connectivity index (χ1n) is 8.74. The van der Waals surface area contributed by atoms with Crippen molar-refractivity contribution < 1.29 is 4.42 Å². The van der Waals surface area contributed by atoms with E-state index in [0.29, 0.717) is 10.6 Å². The molecule has 0 aliphatic carbocycles. The van der Waals surface area contributed by atoms with Crippen LogP contribution in [0.2, 0.25) is 5.02 Å². The molecule has 3 aromatic rings. The average Bonchev–Trinajstić information content (AvgIpc) is 3.04. The number of piperidine rings is 1. The number of anilines is 1. The average molecular weight is 367 g/mol. The summed E-state index contributed by atoms with van der Waals surface area (Å²) in [7, 11) is 0. The first kappa shape index (κ1) is 16.9. The lowest BCUT2D eigenvalue weighted by Gasteiger charge is -2.33. The van der Waals surface area contributed by atoms with Gasteiger partial charge >= 0.3 is 0 Å². The van der Waals surface area contributed by atoms with Crippen molar-refractivity contribution in [3.63, 3.8) is 0 Å². The minimum Gasteiger partial charge on any atom is -0.440 e. The Morgan fingerprint density at radius 2 is 1.96 bits per heavy atom. The number of oxazole rings is 1. The Morgan fingerprint density at radius 1 is 1.19 bits per heavy atom. The number of hydrogen-bond acceptors (Lipinski definition) is 5. The topological polar surface area (TPSA) is 66.0 Å². The van der Waals surface area contributed by atoms with E-state index in [0.717, 1.165) is 60.0 Å². The number of benzene rings is 1. The molecule has 0 radical (unpaired) electrons. The molecule has 0 bridgehead atoms. The summed E-state index contributed by atoms with van der Waals surface area (Å²) in [6.07, 6.45) is 1.87. The number of hydrogen-bond donors (Lipinski definition) is 0. The molecule has 1 fully saturated rings. The molecule has 0 saturated carbocycles. The highest BCUT2D eigenvalue weighted by molar-refractivity contribution is 6.31. The van der Waals surface area contributed by atoms with Crippen molar-refractivity contribution in [1.82, 2.24) is 9.97 Å². The van der Waals surface area contributed by atoms with Gasteiger partial charge < -0.3 is 9.32 Å². The SMILES string of the molecule is Cc1cc(N2CCC(c3nc4cc(Cl)ccc4o3)CC2)c(C#N)c(C)n1. The first-order chi connectivity index (χ1) is 12.5.